The van der Waals surface area contributed by atoms with Gasteiger partial charge < -0.3 is 9.64 Å². The van der Waals surface area contributed by atoms with Crippen molar-refractivity contribution >= 4 is 27.8 Å². The molecular formula is C61H43NO. The Morgan fingerprint density at radius 2 is 0.841 bits per heavy atom. The summed E-state index contributed by atoms with van der Waals surface area (Å²) < 4.78 is 7.02. The van der Waals surface area contributed by atoms with Crippen LogP contribution in [0.4, 0.5) is 17.1 Å². The van der Waals surface area contributed by atoms with Crippen LogP contribution >= 0.6 is 0 Å². The first-order chi connectivity index (χ1) is 31.0. The van der Waals surface area contributed by atoms with Gasteiger partial charge in [0.05, 0.1) is 0 Å². The van der Waals surface area contributed by atoms with E-state index in [-0.39, 0.29) is 5.41 Å². The molecule has 1 aliphatic heterocycles. The zero-order valence-corrected chi connectivity index (χ0v) is 35.2. The van der Waals surface area contributed by atoms with Crippen LogP contribution in [-0.2, 0) is 5.41 Å². The minimum atomic E-state index is -0.111. The van der Waals surface area contributed by atoms with Crippen molar-refractivity contribution in [3.8, 4) is 78.3 Å². The lowest BCUT2D eigenvalue weighted by Crippen LogP contribution is -2.16. The van der Waals surface area contributed by atoms with Gasteiger partial charge in [-0.3, -0.25) is 0 Å². The molecule has 0 spiro atoms. The fraction of sp³-hybridized carbons (Fsp3) is 0.0492. The minimum Gasteiger partial charge on any atom is -0.455 e. The number of benzene rings is 10. The van der Waals surface area contributed by atoms with Crippen LogP contribution < -0.4 is 9.64 Å². The molecule has 10 aromatic rings. The average Bonchev–Trinajstić information content (AvgIpc) is 3.47. The van der Waals surface area contributed by atoms with Crippen LogP contribution in [0, 0.1) is 0 Å². The Bertz CT molecular complexity index is 3370. The molecule has 0 N–H and O–H groups in total. The largest absolute Gasteiger partial charge is 0.455 e. The van der Waals surface area contributed by atoms with Gasteiger partial charge in [-0.25, -0.2) is 0 Å². The Labute approximate surface area is 369 Å². The van der Waals surface area contributed by atoms with Gasteiger partial charge in [0.25, 0.3) is 0 Å². The highest BCUT2D eigenvalue weighted by atomic mass is 16.5. The third-order valence-corrected chi connectivity index (χ3v) is 13.3. The van der Waals surface area contributed by atoms with E-state index in [2.05, 4.69) is 243 Å². The van der Waals surface area contributed by atoms with Crippen LogP contribution in [0.2, 0.25) is 0 Å². The maximum atomic E-state index is 7.02. The highest BCUT2D eigenvalue weighted by Crippen LogP contribution is 2.53. The van der Waals surface area contributed by atoms with E-state index in [1.807, 2.05) is 0 Å². The van der Waals surface area contributed by atoms with Crippen molar-refractivity contribution in [1.82, 2.24) is 0 Å². The fourth-order valence-corrected chi connectivity index (χ4v) is 10.0. The van der Waals surface area contributed by atoms with Crippen molar-refractivity contribution in [2.24, 2.45) is 0 Å². The highest BCUT2D eigenvalue weighted by Gasteiger charge is 2.36. The first-order valence-corrected chi connectivity index (χ1v) is 21.8. The van der Waals surface area contributed by atoms with Gasteiger partial charge in [0.15, 0.2) is 0 Å². The molecule has 0 aromatic heterocycles. The number of ether oxygens (including phenoxy) is 1. The number of fused-ring (bicyclic) bond motifs is 10. The SMILES string of the molecule is CC1(C)c2ccccc2-c2ccc(N(c3ccc(-c4ccccc4)cc3)c3ccc(-c4ccc5c(c4)-c4ccc6ccccc6c4Oc4cc(-c6ccccc6)ccc4-5)cc3)cc21. The Balaban J connectivity index is 0.964. The predicted octanol–water partition coefficient (Wildman–Crippen LogP) is 17.1. The number of hydrogen-bond acceptors (Lipinski definition) is 2. The molecule has 0 unspecified atom stereocenters. The zero-order valence-electron chi connectivity index (χ0n) is 35.2. The van der Waals surface area contributed by atoms with E-state index in [0.717, 1.165) is 78.3 Å². The first-order valence-electron chi connectivity index (χ1n) is 21.8. The average molecular weight is 806 g/mol. The molecule has 0 radical (unpaired) electrons. The van der Waals surface area contributed by atoms with Gasteiger partial charge in [-0.2, -0.15) is 0 Å². The molecule has 0 fully saturated rings. The number of anilines is 3. The summed E-state index contributed by atoms with van der Waals surface area (Å²) in [4.78, 5) is 2.40. The molecule has 2 aliphatic rings. The summed E-state index contributed by atoms with van der Waals surface area (Å²) in [6.45, 7) is 4.70. The molecule has 298 valence electrons. The van der Waals surface area contributed by atoms with Gasteiger partial charge >= 0.3 is 0 Å². The normalized spacial score (nSPS) is 12.9. The fourth-order valence-electron chi connectivity index (χ4n) is 10.0. The van der Waals surface area contributed by atoms with Gasteiger partial charge in [0.1, 0.15) is 11.5 Å². The Morgan fingerprint density at radius 3 is 1.57 bits per heavy atom. The lowest BCUT2D eigenvalue weighted by Gasteiger charge is -2.28. The molecule has 0 atom stereocenters. The summed E-state index contributed by atoms with van der Waals surface area (Å²) in [5.74, 6) is 1.75. The van der Waals surface area contributed by atoms with Crippen molar-refractivity contribution in [2.45, 2.75) is 19.3 Å². The molecule has 0 bridgehead atoms. The topological polar surface area (TPSA) is 12.5 Å². The second kappa shape index (κ2) is 14.6. The van der Waals surface area contributed by atoms with Crippen molar-refractivity contribution in [3.63, 3.8) is 0 Å². The third-order valence-electron chi connectivity index (χ3n) is 13.3. The molecule has 1 heterocycles. The van der Waals surface area contributed by atoms with Gasteiger partial charge in [0.2, 0.25) is 0 Å². The van der Waals surface area contributed by atoms with Crippen LogP contribution in [0.5, 0.6) is 11.5 Å². The lowest BCUT2D eigenvalue weighted by molar-refractivity contribution is 0.493. The van der Waals surface area contributed by atoms with Gasteiger partial charge in [-0.1, -0.05) is 178 Å². The van der Waals surface area contributed by atoms with E-state index < -0.39 is 0 Å². The molecule has 63 heavy (non-hydrogen) atoms. The Hall–Kier alpha value is -7.94. The molecule has 10 aromatic carbocycles. The molecule has 0 saturated carbocycles. The summed E-state index contributed by atoms with van der Waals surface area (Å²) >= 11 is 0. The smallest absolute Gasteiger partial charge is 0.143 e. The van der Waals surface area contributed by atoms with E-state index in [1.54, 1.807) is 0 Å². The minimum absolute atomic E-state index is 0.111. The van der Waals surface area contributed by atoms with Gasteiger partial charge in [-0.05, 0) is 133 Å². The molecular weight excluding hydrogens is 763 g/mol. The van der Waals surface area contributed by atoms with E-state index in [1.165, 1.54) is 38.9 Å². The summed E-state index contributed by atoms with van der Waals surface area (Å²) in [7, 11) is 0. The molecule has 1 aliphatic carbocycles. The van der Waals surface area contributed by atoms with Gasteiger partial charge in [-0.15, -0.1) is 0 Å². The van der Waals surface area contributed by atoms with Crippen LogP contribution in [-0.4, -0.2) is 0 Å². The van der Waals surface area contributed by atoms with Crippen molar-refractivity contribution in [2.75, 3.05) is 4.90 Å². The monoisotopic (exact) mass is 805 g/mol. The standard InChI is InChI=1S/C61H43NO/c1-61(2)57-20-12-11-19-52(57)53-36-32-49(39-58(53)61)62(47-28-21-42(22-29-47)40-13-5-3-6-14-40)48-30-23-43(24-31-48)45-26-33-51-54-34-27-46(41-15-7-4-8-16-41)38-59(54)63-60-50-18-10-9-17-44(50)25-35-55(60)56(51)37-45/h3-39H,1-2H3. The van der Waals surface area contributed by atoms with E-state index in [9.17, 15) is 0 Å². The number of hydrogen-bond donors (Lipinski definition) is 0. The third kappa shape index (κ3) is 6.17. The van der Waals surface area contributed by atoms with E-state index in [4.69, 9.17) is 4.74 Å². The van der Waals surface area contributed by atoms with Crippen LogP contribution in [0.15, 0.2) is 224 Å². The quantitative estimate of drug-likeness (QED) is 0.166. The summed E-state index contributed by atoms with van der Waals surface area (Å²) in [6, 6.07) is 81.5. The lowest BCUT2D eigenvalue weighted by atomic mass is 9.82. The zero-order chi connectivity index (χ0) is 42.1. The molecule has 0 amide bonds. The van der Waals surface area contributed by atoms with Crippen molar-refractivity contribution in [1.29, 1.82) is 0 Å². The second-order valence-electron chi connectivity index (χ2n) is 17.3. The molecule has 2 nitrogen and oxygen atoms in total. The van der Waals surface area contributed by atoms with E-state index in [0.29, 0.717) is 0 Å². The maximum absolute atomic E-state index is 7.02. The van der Waals surface area contributed by atoms with Crippen molar-refractivity contribution < 1.29 is 4.74 Å². The summed E-state index contributed by atoms with van der Waals surface area (Å²) in [5, 5.41) is 2.26. The predicted molar refractivity (Wildman–Crippen MR) is 263 cm³/mol. The van der Waals surface area contributed by atoms with Gasteiger partial charge in [0, 0.05) is 39.0 Å². The van der Waals surface area contributed by atoms with Crippen LogP contribution in [0.3, 0.4) is 0 Å². The molecule has 2 heteroatoms. The summed E-state index contributed by atoms with van der Waals surface area (Å²) in [5.41, 5.74) is 20.1. The molecule has 0 saturated heterocycles. The Kier molecular flexibility index (Phi) is 8.55. The Morgan fingerprint density at radius 1 is 0.333 bits per heavy atom. The second-order valence-corrected chi connectivity index (χ2v) is 17.3. The summed E-state index contributed by atoms with van der Waals surface area (Å²) in [6.07, 6.45) is 0. The maximum Gasteiger partial charge on any atom is 0.143 e. The van der Waals surface area contributed by atoms with Crippen molar-refractivity contribution in [3.05, 3.63) is 236 Å². The number of rotatable bonds is 6. The van der Waals surface area contributed by atoms with Crippen LogP contribution in [0.25, 0.3) is 77.5 Å². The first kappa shape index (κ1) is 36.9. The molecule has 12 rings (SSSR count). The van der Waals surface area contributed by atoms with Crippen LogP contribution in [0.1, 0.15) is 25.0 Å². The number of nitrogens with zero attached hydrogens (tertiary/aromatic N) is 1. The highest BCUT2D eigenvalue weighted by molar-refractivity contribution is 6.01. The van der Waals surface area contributed by atoms with E-state index >= 15 is 0 Å².